The van der Waals surface area contributed by atoms with Crippen LogP contribution in [0, 0.1) is 12.8 Å². The van der Waals surface area contributed by atoms with Gasteiger partial charge in [-0.1, -0.05) is 36.4 Å². The maximum Gasteiger partial charge on any atom is 0.295 e. The maximum absolute atomic E-state index is 12.9. The number of anilines is 2. The third-order valence-electron chi connectivity index (χ3n) is 5.13. The molecule has 0 spiro atoms. The smallest absolute Gasteiger partial charge is 0.295 e. The number of hydrogen-bond donors (Lipinski definition) is 2. The zero-order valence-corrected chi connectivity index (χ0v) is 15.6. The molecule has 2 N–H and O–H groups in total. The summed E-state index contributed by atoms with van der Waals surface area (Å²) >= 11 is 0. The Kier molecular flexibility index (Phi) is 4.35. The Balaban J connectivity index is 1.64. The Labute approximate surface area is 161 Å². The van der Waals surface area contributed by atoms with E-state index < -0.39 is 11.8 Å². The Bertz CT molecular complexity index is 1130. The molecule has 1 aliphatic heterocycles. The quantitative estimate of drug-likeness (QED) is 0.688. The van der Waals surface area contributed by atoms with Gasteiger partial charge in [0.1, 0.15) is 11.6 Å². The monoisotopic (exact) mass is 376 g/mol. The minimum atomic E-state index is -0.890. The molecule has 2 aromatic carbocycles. The molecule has 0 fully saturated rings. The average molecular weight is 376 g/mol. The van der Waals surface area contributed by atoms with Crippen molar-refractivity contribution in [3.8, 4) is 5.69 Å². The Morgan fingerprint density at radius 3 is 2.50 bits per heavy atom. The average Bonchev–Trinajstić information content (AvgIpc) is 2.91. The number of nitrogens with one attached hydrogen (secondary N) is 2. The molecule has 142 valence electrons. The standard InChI is InChI=1S/C21H20N4O3/c1-13-18(21(28)25(24(13)2)15-9-4-3-5-10-15)23-20(27)16-12-14-8-6-7-11-17(14)22-19(16)26/h3-11,16H,12H2,1-2H3,(H,22,26)(H,23,27). The Morgan fingerprint density at radius 1 is 1.07 bits per heavy atom. The number of nitrogens with zero attached hydrogens (tertiary/aromatic N) is 2. The number of para-hydroxylation sites is 2. The summed E-state index contributed by atoms with van der Waals surface area (Å²) in [7, 11) is 1.75. The molecule has 7 nitrogen and oxygen atoms in total. The van der Waals surface area contributed by atoms with E-state index in [0.29, 0.717) is 17.8 Å². The van der Waals surface area contributed by atoms with Crippen molar-refractivity contribution in [2.75, 3.05) is 10.6 Å². The molecule has 1 unspecified atom stereocenters. The first kappa shape index (κ1) is 17.8. The Hall–Kier alpha value is -3.61. The highest BCUT2D eigenvalue weighted by Crippen LogP contribution is 2.26. The summed E-state index contributed by atoms with van der Waals surface area (Å²) in [6.45, 7) is 1.76. The van der Waals surface area contributed by atoms with Crippen LogP contribution in [0.25, 0.3) is 5.69 Å². The molecule has 28 heavy (non-hydrogen) atoms. The van der Waals surface area contributed by atoms with E-state index in [4.69, 9.17) is 0 Å². The molecule has 2 amide bonds. The first-order chi connectivity index (χ1) is 13.5. The number of fused-ring (bicyclic) bond motifs is 1. The minimum Gasteiger partial charge on any atom is -0.325 e. The summed E-state index contributed by atoms with van der Waals surface area (Å²) in [5.74, 6) is -1.75. The van der Waals surface area contributed by atoms with E-state index in [-0.39, 0.29) is 17.2 Å². The van der Waals surface area contributed by atoms with Crippen molar-refractivity contribution in [2.45, 2.75) is 13.3 Å². The second-order valence-corrected chi connectivity index (χ2v) is 6.83. The number of carbonyl (C=O) groups is 2. The fourth-order valence-electron chi connectivity index (χ4n) is 3.49. The number of amides is 2. The van der Waals surface area contributed by atoms with E-state index in [2.05, 4.69) is 10.6 Å². The molecule has 1 atom stereocenters. The molecule has 4 rings (SSSR count). The van der Waals surface area contributed by atoms with Gasteiger partial charge in [0, 0.05) is 12.7 Å². The van der Waals surface area contributed by atoms with Crippen molar-refractivity contribution in [1.82, 2.24) is 9.36 Å². The minimum absolute atomic E-state index is 0.183. The normalized spacial score (nSPS) is 15.6. The molecule has 0 saturated carbocycles. The Morgan fingerprint density at radius 2 is 1.75 bits per heavy atom. The van der Waals surface area contributed by atoms with Gasteiger partial charge in [0.15, 0.2) is 0 Å². The molecule has 2 heterocycles. The molecule has 7 heteroatoms. The molecule has 1 aliphatic rings. The molecule has 0 radical (unpaired) electrons. The van der Waals surface area contributed by atoms with Gasteiger partial charge in [-0.25, -0.2) is 4.68 Å². The van der Waals surface area contributed by atoms with E-state index in [1.54, 1.807) is 24.7 Å². The lowest BCUT2D eigenvalue weighted by Crippen LogP contribution is -2.39. The third kappa shape index (κ3) is 2.90. The zero-order chi connectivity index (χ0) is 19.8. The van der Waals surface area contributed by atoms with Gasteiger partial charge in [-0.15, -0.1) is 0 Å². The first-order valence-electron chi connectivity index (χ1n) is 9.01. The summed E-state index contributed by atoms with van der Waals surface area (Å²) in [6.07, 6.45) is 0.298. The summed E-state index contributed by atoms with van der Waals surface area (Å²) in [4.78, 5) is 38.1. The molecule has 0 bridgehead atoms. The zero-order valence-electron chi connectivity index (χ0n) is 15.6. The fourth-order valence-corrected chi connectivity index (χ4v) is 3.49. The molecule has 1 aromatic heterocycles. The van der Waals surface area contributed by atoms with Crippen LogP contribution in [0.1, 0.15) is 11.3 Å². The van der Waals surface area contributed by atoms with Crippen LogP contribution in [0.2, 0.25) is 0 Å². The summed E-state index contributed by atoms with van der Waals surface area (Å²) in [5.41, 5.74) is 2.77. The summed E-state index contributed by atoms with van der Waals surface area (Å²) in [6, 6.07) is 16.6. The van der Waals surface area contributed by atoms with Crippen molar-refractivity contribution < 1.29 is 9.59 Å². The van der Waals surface area contributed by atoms with Crippen molar-refractivity contribution in [3.05, 3.63) is 76.2 Å². The van der Waals surface area contributed by atoms with Gasteiger partial charge < -0.3 is 10.6 Å². The fraction of sp³-hybridized carbons (Fsp3) is 0.190. The van der Waals surface area contributed by atoms with Crippen molar-refractivity contribution >= 4 is 23.2 Å². The van der Waals surface area contributed by atoms with Gasteiger partial charge in [0.25, 0.3) is 5.56 Å². The van der Waals surface area contributed by atoms with E-state index in [0.717, 1.165) is 11.3 Å². The topological polar surface area (TPSA) is 85.1 Å². The van der Waals surface area contributed by atoms with Crippen LogP contribution < -0.4 is 16.2 Å². The van der Waals surface area contributed by atoms with Crippen LogP contribution in [0.15, 0.2) is 59.4 Å². The van der Waals surface area contributed by atoms with Gasteiger partial charge in [-0.3, -0.25) is 19.1 Å². The number of benzene rings is 2. The SMILES string of the molecule is Cc1c(NC(=O)C2Cc3ccccc3NC2=O)c(=O)n(-c2ccccc2)n1C. The maximum atomic E-state index is 12.9. The first-order valence-corrected chi connectivity index (χ1v) is 9.01. The largest absolute Gasteiger partial charge is 0.325 e. The predicted molar refractivity (Wildman–Crippen MR) is 107 cm³/mol. The number of rotatable bonds is 3. The second kappa shape index (κ2) is 6.84. The van der Waals surface area contributed by atoms with Crippen LogP contribution in [-0.2, 0) is 23.1 Å². The number of aromatic nitrogens is 2. The molecular weight excluding hydrogens is 356 g/mol. The van der Waals surface area contributed by atoms with Crippen molar-refractivity contribution in [3.63, 3.8) is 0 Å². The van der Waals surface area contributed by atoms with Crippen LogP contribution in [0.5, 0.6) is 0 Å². The van der Waals surface area contributed by atoms with Crippen molar-refractivity contribution in [1.29, 1.82) is 0 Å². The van der Waals surface area contributed by atoms with Gasteiger partial charge in [0.05, 0.1) is 11.4 Å². The van der Waals surface area contributed by atoms with Gasteiger partial charge >= 0.3 is 0 Å². The number of carbonyl (C=O) groups excluding carboxylic acids is 2. The van der Waals surface area contributed by atoms with Crippen LogP contribution in [-0.4, -0.2) is 21.2 Å². The molecular formula is C21H20N4O3. The highest BCUT2D eigenvalue weighted by molar-refractivity contribution is 6.12. The lowest BCUT2D eigenvalue weighted by atomic mass is 9.92. The predicted octanol–water partition coefficient (Wildman–Crippen LogP) is 2.23. The van der Waals surface area contributed by atoms with Crippen LogP contribution >= 0.6 is 0 Å². The molecule has 0 aliphatic carbocycles. The summed E-state index contributed by atoms with van der Waals surface area (Å²) in [5, 5.41) is 5.45. The van der Waals surface area contributed by atoms with E-state index in [1.807, 2.05) is 48.5 Å². The third-order valence-corrected chi connectivity index (χ3v) is 5.13. The van der Waals surface area contributed by atoms with Crippen LogP contribution in [0.4, 0.5) is 11.4 Å². The van der Waals surface area contributed by atoms with E-state index in [1.165, 1.54) is 4.68 Å². The summed E-state index contributed by atoms with van der Waals surface area (Å²) < 4.78 is 3.17. The number of hydrogen-bond acceptors (Lipinski definition) is 3. The van der Waals surface area contributed by atoms with E-state index >= 15 is 0 Å². The lowest BCUT2D eigenvalue weighted by molar-refractivity contribution is -0.129. The highest BCUT2D eigenvalue weighted by atomic mass is 16.2. The molecule has 0 saturated heterocycles. The van der Waals surface area contributed by atoms with Crippen LogP contribution in [0.3, 0.4) is 0 Å². The highest BCUT2D eigenvalue weighted by Gasteiger charge is 2.33. The lowest BCUT2D eigenvalue weighted by Gasteiger charge is -2.23. The van der Waals surface area contributed by atoms with Gasteiger partial charge in [-0.05, 0) is 37.1 Å². The second-order valence-electron chi connectivity index (χ2n) is 6.83. The van der Waals surface area contributed by atoms with Gasteiger partial charge in [0.2, 0.25) is 11.8 Å². The van der Waals surface area contributed by atoms with Gasteiger partial charge in [-0.2, -0.15) is 0 Å². The van der Waals surface area contributed by atoms with Crippen molar-refractivity contribution in [2.24, 2.45) is 13.0 Å². The molecule has 3 aromatic rings. The van der Waals surface area contributed by atoms with E-state index in [9.17, 15) is 14.4 Å².